The number of anilines is 1. The number of amides is 1. The Morgan fingerprint density at radius 2 is 2.04 bits per heavy atom. The van der Waals surface area contributed by atoms with Crippen LogP contribution in [0.3, 0.4) is 0 Å². The van der Waals surface area contributed by atoms with Crippen LogP contribution < -0.4 is 11.1 Å². The Morgan fingerprint density at radius 3 is 2.75 bits per heavy atom. The number of carbonyl (C=O) groups is 1. The second-order valence-electron chi connectivity index (χ2n) is 13.3. The number of unbranched alkanes of at least 4 members (excludes halogenated alkanes) is 1. The lowest BCUT2D eigenvalue weighted by Crippen LogP contribution is -2.43. The third-order valence-electron chi connectivity index (χ3n) is 10.2. The number of nitrogens with zero attached hydrogens (tertiary/aromatic N) is 4. The average molecular weight is 673 g/mol. The van der Waals surface area contributed by atoms with E-state index in [4.69, 9.17) is 20.2 Å². The van der Waals surface area contributed by atoms with Gasteiger partial charge in [-0.2, -0.15) is 5.26 Å². The quantitative estimate of drug-likeness (QED) is 0.211. The van der Waals surface area contributed by atoms with E-state index in [2.05, 4.69) is 50.1 Å². The number of likely N-dealkylation sites (N-methyl/N-ethyl adjacent to an activating group) is 1. The van der Waals surface area contributed by atoms with Crippen molar-refractivity contribution in [2.75, 3.05) is 39.5 Å². The van der Waals surface area contributed by atoms with E-state index < -0.39 is 11.9 Å². The molecular weight excluding hydrogens is 628 g/mol. The third-order valence-corrected chi connectivity index (χ3v) is 11.2. The maximum Gasteiger partial charge on any atom is 0.247 e. The van der Waals surface area contributed by atoms with Gasteiger partial charge >= 0.3 is 0 Å². The molecule has 254 valence electrons. The molecule has 4 heterocycles. The topological polar surface area (TPSA) is 116 Å². The number of nitrogens with two attached hydrogens (primary N) is 1. The molecule has 2 aromatic carbocycles. The molecule has 1 amide bonds. The molecule has 2 fully saturated rings. The summed E-state index contributed by atoms with van der Waals surface area (Å²) in [6.07, 6.45) is 5.76. The van der Waals surface area contributed by atoms with Crippen LogP contribution in [0.1, 0.15) is 72.9 Å². The average Bonchev–Trinajstić information content (AvgIpc) is 3.79. The summed E-state index contributed by atoms with van der Waals surface area (Å²) in [6.45, 7) is 11.5. The summed E-state index contributed by atoms with van der Waals surface area (Å²) in [5, 5.41) is 14.6. The van der Waals surface area contributed by atoms with E-state index in [1.54, 1.807) is 18.1 Å². The maximum absolute atomic E-state index is 15.1. The largest absolute Gasteiger partial charge is 0.389 e. The highest BCUT2D eigenvalue weighted by Gasteiger charge is 2.34. The van der Waals surface area contributed by atoms with E-state index in [-0.39, 0.29) is 12.0 Å². The number of hydrogen-bond acceptors (Lipinski definition) is 8. The smallest absolute Gasteiger partial charge is 0.247 e. The predicted molar refractivity (Wildman–Crippen MR) is 189 cm³/mol. The van der Waals surface area contributed by atoms with E-state index in [9.17, 15) is 10.1 Å². The van der Waals surface area contributed by atoms with Gasteiger partial charge in [-0.05, 0) is 78.6 Å². The predicted octanol–water partition coefficient (Wildman–Crippen LogP) is 6.37. The number of halogens is 1. The molecule has 9 nitrogen and oxygen atoms in total. The van der Waals surface area contributed by atoms with E-state index in [0.717, 1.165) is 95.0 Å². The molecule has 3 atom stereocenters. The molecule has 11 heteroatoms. The minimum absolute atomic E-state index is 0.0144. The lowest BCUT2D eigenvalue weighted by molar-refractivity contribution is -0.133. The second-order valence-corrected chi connectivity index (χ2v) is 14.3. The molecule has 3 aliphatic heterocycles. The fourth-order valence-electron chi connectivity index (χ4n) is 7.44. The zero-order valence-electron chi connectivity index (χ0n) is 28.7. The van der Waals surface area contributed by atoms with Gasteiger partial charge in [-0.1, -0.05) is 26.3 Å². The summed E-state index contributed by atoms with van der Waals surface area (Å²) >= 11 is 1.10. The molecule has 48 heavy (non-hydrogen) atoms. The summed E-state index contributed by atoms with van der Waals surface area (Å²) in [5.74, 6) is 1.58. The van der Waals surface area contributed by atoms with Crippen LogP contribution in [0.5, 0.6) is 0 Å². The first-order valence-corrected chi connectivity index (χ1v) is 17.6. The highest BCUT2D eigenvalue weighted by atomic mass is 32.1. The van der Waals surface area contributed by atoms with Crippen LogP contribution >= 0.6 is 11.3 Å². The summed E-state index contributed by atoms with van der Waals surface area (Å²) in [4.78, 5) is 22.8. The molecule has 0 spiro atoms. The van der Waals surface area contributed by atoms with Crippen molar-refractivity contribution in [3.05, 3.63) is 63.2 Å². The molecule has 0 bridgehead atoms. The summed E-state index contributed by atoms with van der Waals surface area (Å²) in [6, 6.07) is 4.91. The molecule has 3 aliphatic rings. The number of rotatable bonds is 8. The summed E-state index contributed by atoms with van der Waals surface area (Å²) < 4.78 is 27.4. The highest BCUT2D eigenvalue weighted by Crippen LogP contribution is 2.46. The molecule has 3 N–H and O–H groups in total. The Labute approximate surface area is 286 Å². The zero-order valence-corrected chi connectivity index (χ0v) is 29.5. The van der Waals surface area contributed by atoms with Gasteiger partial charge in [-0.3, -0.25) is 9.79 Å². The third kappa shape index (κ3) is 5.95. The van der Waals surface area contributed by atoms with Gasteiger partial charge < -0.3 is 30.3 Å². The van der Waals surface area contributed by atoms with Gasteiger partial charge in [0.25, 0.3) is 0 Å². The Kier molecular flexibility index (Phi) is 9.79. The van der Waals surface area contributed by atoms with Crippen LogP contribution in [0.2, 0.25) is 0 Å². The van der Waals surface area contributed by atoms with Crippen LogP contribution in [0.25, 0.3) is 21.2 Å². The monoisotopic (exact) mass is 672 g/mol. The van der Waals surface area contributed by atoms with Crippen molar-refractivity contribution in [1.82, 2.24) is 15.1 Å². The van der Waals surface area contributed by atoms with Crippen molar-refractivity contribution in [1.29, 1.82) is 5.26 Å². The number of benzene rings is 2. The zero-order chi connectivity index (χ0) is 34.3. The van der Waals surface area contributed by atoms with Gasteiger partial charge in [-0.15, -0.1) is 11.3 Å². The SMILES string of the molecule is CCC/C=C(/NC(=NC1CCCN(C)C1=O)c1c(C)c(C)c(-c2ccc(F)c3sc(N)c(C#N)c23)c2c1COC2)N1CC(C)C(OC)C1. The van der Waals surface area contributed by atoms with Gasteiger partial charge in [-0.25, -0.2) is 4.39 Å². The first-order chi connectivity index (χ1) is 23.1. The number of aliphatic imine (C=N–C) groups is 1. The van der Waals surface area contributed by atoms with Crippen molar-refractivity contribution in [3.63, 3.8) is 0 Å². The fourth-order valence-corrected chi connectivity index (χ4v) is 8.39. The van der Waals surface area contributed by atoms with Crippen LogP contribution in [0, 0.1) is 36.9 Å². The molecule has 3 aromatic rings. The Hall–Kier alpha value is -3.98. The van der Waals surface area contributed by atoms with Gasteiger partial charge in [0.1, 0.15) is 34.6 Å². The molecule has 0 aliphatic carbocycles. The number of amidine groups is 1. The number of likely N-dealkylation sites (tertiary alicyclic amines) is 2. The van der Waals surface area contributed by atoms with Crippen LogP contribution in [-0.2, 0) is 27.5 Å². The number of thiophene rings is 1. The second kappa shape index (κ2) is 13.9. The van der Waals surface area contributed by atoms with Crippen molar-refractivity contribution in [3.8, 4) is 17.2 Å². The van der Waals surface area contributed by atoms with Gasteiger partial charge in [0, 0.05) is 50.7 Å². The minimum Gasteiger partial charge on any atom is -0.389 e. The van der Waals surface area contributed by atoms with Gasteiger partial charge in [0.15, 0.2) is 0 Å². The van der Waals surface area contributed by atoms with Gasteiger partial charge in [0.05, 0.1) is 29.6 Å². The first kappa shape index (κ1) is 33.9. The number of allylic oxidation sites excluding steroid dienone is 1. The van der Waals surface area contributed by atoms with Crippen molar-refractivity contribution >= 4 is 38.2 Å². The Morgan fingerprint density at radius 1 is 1.27 bits per heavy atom. The lowest BCUT2D eigenvalue weighted by atomic mass is 9.84. The van der Waals surface area contributed by atoms with E-state index in [1.807, 2.05) is 7.05 Å². The number of carbonyl (C=O) groups excluding carboxylic acids is 1. The van der Waals surface area contributed by atoms with E-state index in [0.29, 0.717) is 52.0 Å². The van der Waals surface area contributed by atoms with Crippen LogP contribution in [0.4, 0.5) is 9.39 Å². The van der Waals surface area contributed by atoms with Crippen molar-refractivity contribution in [2.24, 2.45) is 10.9 Å². The number of fused-ring (bicyclic) bond motifs is 2. The van der Waals surface area contributed by atoms with E-state index in [1.165, 1.54) is 6.07 Å². The molecular formula is C37H45FN6O3S. The molecule has 0 saturated carbocycles. The number of piperidine rings is 1. The lowest BCUT2D eigenvalue weighted by Gasteiger charge is -2.30. The van der Waals surface area contributed by atoms with E-state index >= 15 is 4.39 Å². The number of hydrogen-bond donors (Lipinski definition) is 2. The number of nitrogens with one attached hydrogen (secondary N) is 1. The molecule has 6 rings (SSSR count). The summed E-state index contributed by atoms with van der Waals surface area (Å²) in [5.41, 5.74) is 13.0. The molecule has 1 aromatic heterocycles. The number of methoxy groups -OCH3 is 1. The molecule has 2 saturated heterocycles. The number of ether oxygens (including phenoxy) is 2. The van der Waals surface area contributed by atoms with Crippen LogP contribution in [0.15, 0.2) is 29.0 Å². The first-order valence-electron chi connectivity index (χ1n) is 16.8. The molecule has 0 radical (unpaired) electrons. The Balaban J connectivity index is 1.55. The number of nitrogen functional groups attached to an aromatic ring is 1. The van der Waals surface area contributed by atoms with Crippen molar-refractivity contribution in [2.45, 2.75) is 78.7 Å². The summed E-state index contributed by atoms with van der Waals surface area (Å²) in [7, 11) is 3.60. The van der Waals surface area contributed by atoms with Crippen LogP contribution in [-0.4, -0.2) is 67.5 Å². The maximum atomic E-state index is 15.1. The minimum atomic E-state index is -0.510. The normalized spacial score (nSPS) is 21.7. The fraction of sp³-hybridized carbons (Fsp3) is 0.486. The standard InChI is InChI=1S/C37H45FN6O3S/c1-7-8-11-30(44-16-20(2)29(17-44)46-6)42-36(41-28-10-9-14-43(5)37(28)45)32-22(4)21(3)31(25-18-47-19-26(25)32)23-12-13-27(38)34-33(23)24(15-39)35(40)48-34/h11-13,20,28-29H,7-10,14,16-19,40H2,1-6H3,(H,41,42)/b30-11-. The highest BCUT2D eigenvalue weighted by molar-refractivity contribution is 7.23. The van der Waals surface area contributed by atoms with Crippen molar-refractivity contribution < 1.29 is 18.7 Å². The Bertz CT molecular complexity index is 1860. The van der Waals surface area contributed by atoms with Gasteiger partial charge in [0.2, 0.25) is 5.91 Å². The molecule has 3 unspecified atom stereocenters. The number of nitriles is 1.